The largest absolute Gasteiger partial charge is 0.456 e. The van der Waals surface area contributed by atoms with Crippen LogP contribution in [0.4, 0.5) is 5.69 Å². The number of rotatable bonds is 2. The lowest BCUT2D eigenvalue weighted by atomic mass is 10.0. The van der Waals surface area contributed by atoms with Crippen molar-refractivity contribution in [2.24, 2.45) is 0 Å². The molecule has 0 atom stereocenters. The molecule has 1 aliphatic heterocycles. The summed E-state index contributed by atoms with van der Waals surface area (Å²) < 4.78 is 11.1. The molecule has 7 nitrogen and oxygen atoms in total. The molecule has 0 saturated heterocycles. The maximum absolute atomic E-state index is 12.6. The number of aliphatic hydroxyl groups excluding tert-OH is 1. The van der Waals surface area contributed by atoms with E-state index in [-0.39, 0.29) is 29.3 Å². The molecule has 0 aromatic heterocycles. The lowest BCUT2D eigenvalue weighted by Crippen LogP contribution is -2.27. The average molecular weight is 342 g/mol. The third-order valence-corrected chi connectivity index (χ3v) is 3.57. The van der Waals surface area contributed by atoms with Crippen LogP contribution in [0.15, 0.2) is 33.5 Å². The topological polar surface area (TPSA) is 116 Å². The van der Waals surface area contributed by atoms with E-state index >= 15 is 0 Å². The Balaban J connectivity index is 2.35. The number of carbonyl (C=O) groups excluding carboxylic acids is 1. The first-order valence-electron chi connectivity index (χ1n) is 7.70. The molecule has 1 heterocycles. The molecule has 7 heteroatoms. The number of aromatic nitrogens is 1. The van der Waals surface area contributed by atoms with Crippen LogP contribution >= 0.6 is 0 Å². The van der Waals surface area contributed by atoms with Crippen molar-refractivity contribution in [2.45, 2.75) is 33.0 Å². The Morgan fingerprint density at radius 1 is 1.36 bits per heavy atom. The van der Waals surface area contributed by atoms with Gasteiger partial charge in [0.05, 0.1) is 12.3 Å². The van der Waals surface area contributed by atoms with Gasteiger partial charge in [0, 0.05) is 11.6 Å². The van der Waals surface area contributed by atoms with Crippen LogP contribution < -0.4 is 11.2 Å². The van der Waals surface area contributed by atoms with Gasteiger partial charge in [0.1, 0.15) is 22.4 Å². The quantitative estimate of drug-likeness (QED) is 0.417. The van der Waals surface area contributed by atoms with Gasteiger partial charge in [0.15, 0.2) is 11.3 Å². The number of para-hydroxylation sites is 1. The number of nitrogens with zero attached hydrogens (tertiary/aromatic N) is 1. The standard InChI is InChI=1S/C18H18N2O5/c1-18(2,3)25-17(23)13-14(19)10(22)7-12-16(13)20-15-9(8-21)5-4-6-11(15)24-12/h4-7,21H,8,19H2,1-3H3. The molecule has 0 amide bonds. The van der Waals surface area contributed by atoms with Crippen LogP contribution in [0.2, 0.25) is 0 Å². The lowest BCUT2D eigenvalue weighted by Gasteiger charge is -2.21. The first-order chi connectivity index (χ1) is 11.7. The molecular formula is C18H18N2O5. The van der Waals surface area contributed by atoms with Gasteiger partial charge in [0.25, 0.3) is 0 Å². The molecule has 1 aromatic rings. The number of hydrogen-bond acceptors (Lipinski definition) is 7. The van der Waals surface area contributed by atoms with E-state index in [1.54, 1.807) is 39.0 Å². The van der Waals surface area contributed by atoms with Crippen molar-refractivity contribution in [2.75, 3.05) is 5.73 Å². The fraction of sp³-hybridized carbons (Fsp3) is 0.278. The van der Waals surface area contributed by atoms with Gasteiger partial charge in [-0.2, -0.15) is 0 Å². The Bertz CT molecular complexity index is 1000. The summed E-state index contributed by atoms with van der Waals surface area (Å²) in [5.41, 5.74) is 5.59. The number of nitrogen functional groups attached to an aromatic ring is 1. The fourth-order valence-electron chi connectivity index (χ4n) is 2.50. The molecule has 3 N–H and O–H groups in total. The van der Waals surface area contributed by atoms with Crippen LogP contribution in [-0.4, -0.2) is 21.7 Å². The van der Waals surface area contributed by atoms with Crippen LogP contribution in [0.3, 0.4) is 0 Å². The van der Waals surface area contributed by atoms with Crippen LogP contribution in [0.1, 0.15) is 36.7 Å². The summed E-state index contributed by atoms with van der Waals surface area (Å²) in [5.74, 6) is -0.626. The summed E-state index contributed by atoms with van der Waals surface area (Å²) in [6.45, 7) is 4.88. The third-order valence-electron chi connectivity index (χ3n) is 3.57. The Morgan fingerprint density at radius 2 is 2.08 bits per heavy atom. The van der Waals surface area contributed by atoms with E-state index in [0.29, 0.717) is 16.7 Å². The second-order valence-electron chi connectivity index (χ2n) is 6.65. The van der Waals surface area contributed by atoms with Gasteiger partial charge in [-0.1, -0.05) is 12.1 Å². The Labute approximate surface area is 143 Å². The third kappa shape index (κ3) is 3.06. The second-order valence-corrected chi connectivity index (χ2v) is 6.65. The maximum Gasteiger partial charge on any atom is 0.343 e. The first-order valence-corrected chi connectivity index (χ1v) is 7.70. The molecule has 0 fully saturated rings. The number of ether oxygens (including phenoxy) is 1. The minimum Gasteiger partial charge on any atom is -0.456 e. The van der Waals surface area contributed by atoms with Crippen molar-refractivity contribution in [1.29, 1.82) is 0 Å². The normalized spacial score (nSPS) is 11.8. The highest BCUT2D eigenvalue weighted by molar-refractivity contribution is 6.02. The number of hydrogen-bond donors (Lipinski definition) is 2. The molecular weight excluding hydrogens is 324 g/mol. The first kappa shape index (κ1) is 16.9. The smallest absolute Gasteiger partial charge is 0.343 e. The summed E-state index contributed by atoms with van der Waals surface area (Å²) >= 11 is 0. The van der Waals surface area contributed by atoms with E-state index in [0.717, 1.165) is 0 Å². The number of fused-ring (bicyclic) bond motifs is 2. The summed E-state index contributed by atoms with van der Waals surface area (Å²) in [6.07, 6.45) is 0. The van der Waals surface area contributed by atoms with Crippen LogP contribution in [0, 0.1) is 0 Å². The van der Waals surface area contributed by atoms with Gasteiger partial charge in [-0.15, -0.1) is 0 Å². The number of nitrogens with two attached hydrogens (primary N) is 1. The Kier molecular flexibility index (Phi) is 3.96. The molecule has 0 spiro atoms. The van der Waals surface area contributed by atoms with Crippen molar-refractivity contribution in [3.05, 3.63) is 45.6 Å². The van der Waals surface area contributed by atoms with Crippen molar-refractivity contribution >= 4 is 22.8 Å². The zero-order valence-electron chi connectivity index (χ0n) is 14.1. The molecule has 1 aliphatic carbocycles. The molecule has 0 unspecified atom stereocenters. The van der Waals surface area contributed by atoms with E-state index in [2.05, 4.69) is 4.98 Å². The maximum atomic E-state index is 12.6. The highest BCUT2D eigenvalue weighted by Crippen LogP contribution is 2.31. The molecule has 0 radical (unpaired) electrons. The summed E-state index contributed by atoms with van der Waals surface area (Å²) in [6, 6.07) is 6.25. The predicted octanol–water partition coefficient (Wildman–Crippen LogP) is 2.32. The average Bonchev–Trinajstić information content (AvgIpc) is 2.52. The van der Waals surface area contributed by atoms with E-state index in [4.69, 9.17) is 14.9 Å². The minimum absolute atomic E-state index is 0.125. The van der Waals surface area contributed by atoms with Gasteiger partial charge < -0.3 is 20.0 Å². The van der Waals surface area contributed by atoms with Gasteiger partial charge in [-0.05, 0) is 26.8 Å². The fourth-order valence-corrected chi connectivity index (χ4v) is 2.50. The minimum atomic E-state index is -0.765. The zero-order valence-corrected chi connectivity index (χ0v) is 14.1. The van der Waals surface area contributed by atoms with E-state index in [9.17, 15) is 14.7 Å². The van der Waals surface area contributed by atoms with Gasteiger partial charge in [0.2, 0.25) is 5.43 Å². The summed E-state index contributed by atoms with van der Waals surface area (Å²) in [4.78, 5) is 29.1. The van der Waals surface area contributed by atoms with Crippen molar-refractivity contribution in [3.63, 3.8) is 0 Å². The molecule has 0 saturated carbocycles. The number of carbonyl (C=O) groups is 1. The lowest BCUT2D eigenvalue weighted by molar-refractivity contribution is 0.00710. The van der Waals surface area contributed by atoms with E-state index in [1.165, 1.54) is 6.07 Å². The number of anilines is 1. The van der Waals surface area contributed by atoms with Crippen LogP contribution in [-0.2, 0) is 11.3 Å². The highest BCUT2D eigenvalue weighted by atomic mass is 16.6. The molecule has 25 heavy (non-hydrogen) atoms. The molecule has 2 aliphatic rings. The number of aliphatic hydroxyl groups is 1. The Hall–Kier alpha value is -2.93. The summed E-state index contributed by atoms with van der Waals surface area (Å²) in [7, 11) is 0. The van der Waals surface area contributed by atoms with E-state index in [1.807, 2.05) is 0 Å². The number of benzene rings is 2. The SMILES string of the molecule is CC(C)(C)OC(=O)c1c2nc3c(CO)cccc3oc-2cc(=O)c1N. The van der Waals surface area contributed by atoms with Crippen LogP contribution in [0.5, 0.6) is 0 Å². The number of esters is 1. The van der Waals surface area contributed by atoms with E-state index < -0.39 is 17.0 Å². The molecule has 130 valence electrons. The highest BCUT2D eigenvalue weighted by Gasteiger charge is 2.28. The zero-order chi connectivity index (χ0) is 18.4. The van der Waals surface area contributed by atoms with Crippen LogP contribution in [0.25, 0.3) is 22.6 Å². The Morgan fingerprint density at radius 3 is 2.72 bits per heavy atom. The van der Waals surface area contributed by atoms with Crippen molar-refractivity contribution in [3.8, 4) is 11.5 Å². The monoisotopic (exact) mass is 342 g/mol. The second kappa shape index (κ2) is 5.86. The molecule has 3 rings (SSSR count). The van der Waals surface area contributed by atoms with Crippen molar-refractivity contribution < 1.29 is 19.1 Å². The molecule has 0 bridgehead atoms. The predicted molar refractivity (Wildman–Crippen MR) is 92.4 cm³/mol. The van der Waals surface area contributed by atoms with Crippen molar-refractivity contribution in [1.82, 2.24) is 4.98 Å². The summed E-state index contributed by atoms with van der Waals surface area (Å²) in [5, 5.41) is 9.49. The van der Waals surface area contributed by atoms with Gasteiger partial charge >= 0.3 is 5.97 Å². The molecule has 1 aromatic carbocycles. The van der Waals surface area contributed by atoms with Gasteiger partial charge in [-0.3, -0.25) is 4.79 Å². The van der Waals surface area contributed by atoms with Gasteiger partial charge in [-0.25, -0.2) is 9.78 Å².